The number of hydrogen-bond acceptors (Lipinski definition) is 2. The van der Waals surface area contributed by atoms with Gasteiger partial charge in [-0.1, -0.05) is 17.7 Å². The average Bonchev–Trinajstić information content (AvgIpc) is 2.08. The Morgan fingerprint density at radius 1 is 1.50 bits per heavy atom. The van der Waals surface area contributed by atoms with Crippen LogP contribution in [0.2, 0.25) is 5.02 Å². The van der Waals surface area contributed by atoms with Gasteiger partial charge in [0.25, 0.3) is 0 Å². The number of benzene rings is 1. The molecule has 0 amide bonds. The zero-order valence-electron chi connectivity index (χ0n) is 8.30. The fourth-order valence-corrected chi connectivity index (χ4v) is 1.36. The molecule has 1 rings (SSSR count). The lowest BCUT2D eigenvalue weighted by Gasteiger charge is -2.17. The van der Waals surface area contributed by atoms with Gasteiger partial charge in [-0.15, -0.1) is 0 Å². The summed E-state index contributed by atoms with van der Waals surface area (Å²) < 4.78 is 13.1. The van der Waals surface area contributed by atoms with Gasteiger partial charge >= 0.3 is 0 Å². The molecule has 0 saturated carbocycles. The van der Waals surface area contributed by atoms with E-state index in [0.29, 0.717) is 6.54 Å². The van der Waals surface area contributed by atoms with Crippen LogP contribution in [0.3, 0.4) is 0 Å². The largest absolute Gasteiger partial charge is 0.323 e. The summed E-state index contributed by atoms with van der Waals surface area (Å²) in [4.78, 5) is 1.96. The van der Waals surface area contributed by atoms with Crippen molar-refractivity contribution < 1.29 is 4.39 Å². The zero-order chi connectivity index (χ0) is 10.7. The molecule has 0 aliphatic carbocycles. The molecule has 0 aliphatic rings. The second kappa shape index (κ2) is 4.73. The maximum Gasteiger partial charge on any atom is 0.142 e. The van der Waals surface area contributed by atoms with Crippen LogP contribution in [0.15, 0.2) is 18.2 Å². The third-order valence-electron chi connectivity index (χ3n) is 1.93. The molecular formula is C10H14ClFN2. The smallest absolute Gasteiger partial charge is 0.142 e. The quantitative estimate of drug-likeness (QED) is 0.838. The standard InChI is InChI=1S/C10H14ClFN2/c1-14(2)6-10(13)7-3-4-8(11)9(12)5-7/h3-5,10H,6,13H2,1-2H3/t10-/m1/s1. The molecule has 0 heterocycles. The third kappa shape index (κ3) is 2.94. The summed E-state index contributed by atoms with van der Waals surface area (Å²) in [6.45, 7) is 0.682. The van der Waals surface area contributed by atoms with Crippen molar-refractivity contribution >= 4 is 11.6 Å². The molecule has 0 fully saturated rings. The van der Waals surface area contributed by atoms with Crippen molar-refractivity contribution in [3.63, 3.8) is 0 Å². The van der Waals surface area contributed by atoms with Gasteiger partial charge in [0.15, 0.2) is 0 Å². The SMILES string of the molecule is CN(C)C[C@@H](N)c1ccc(Cl)c(F)c1. The van der Waals surface area contributed by atoms with Gasteiger partial charge in [0, 0.05) is 12.6 Å². The maximum absolute atomic E-state index is 13.1. The Labute approximate surface area is 88.5 Å². The summed E-state index contributed by atoms with van der Waals surface area (Å²) in [5, 5.41) is 0.130. The van der Waals surface area contributed by atoms with Crippen molar-refractivity contribution in [3.8, 4) is 0 Å². The van der Waals surface area contributed by atoms with E-state index >= 15 is 0 Å². The lowest BCUT2D eigenvalue weighted by molar-refractivity contribution is 0.376. The van der Waals surface area contributed by atoms with Gasteiger partial charge in [-0.2, -0.15) is 0 Å². The van der Waals surface area contributed by atoms with Crippen molar-refractivity contribution in [1.29, 1.82) is 0 Å². The summed E-state index contributed by atoms with van der Waals surface area (Å²) in [7, 11) is 3.85. The third-order valence-corrected chi connectivity index (χ3v) is 2.24. The van der Waals surface area contributed by atoms with E-state index in [2.05, 4.69) is 0 Å². The normalized spacial score (nSPS) is 13.3. The Hall–Kier alpha value is -0.640. The summed E-state index contributed by atoms with van der Waals surface area (Å²) >= 11 is 5.56. The van der Waals surface area contributed by atoms with E-state index in [1.165, 1.54) is 12.1 Å². The van der Waals surface area contributed by atoms with Crippen LogP contribution in [0, 0.1) is 5.82 Å². The van der Waals surface area contributed by atoms with Crippen molar-refractivity contribution in [2.24, 2.45) is 5.73 Å². The Kier molecular flexibility index (Phi) is 3.86. The van der Waals surface area contributed by atoms with E-state index < -0.39 is 5.82 Å². The molecule has 0 bridgehead atoms. The van der Waals surface area contributed by atoms with E-state index in [-0.39, 0.29) is 11.1 Å². The number of rotatable bonds is 3. The van der Waals surface area contributed by atoms with E-state index in [1.807, 2.05) is 19.0 Å². The van der Waals surface area contributed by atoms with Gasteiger partial charge in [0.2, 0.25) is 0 Å². The van der Waals surface area contributed by atoms with E-state index in [9.17, 15) is 4.39 Å². The minimum Gasteiger partial charge on any atom is -0.323 e. The zero-order valence-corrected chi connectivity index (χ0v) is 9.05. The summed E-state index contributed by atoms with van der Waals surface area (Å²) in [6, 6.07) is 4.48. The highest BCUT2D eigenvalue weighted by Gasteiger charge is 2.09. The molecule has 0 unspecified atom stereocenters. The van der Waals surface area contributed by atoms with Crippen LogP contribution in [0.5, 0.6) is 0 Å². The minimum absolute atomic E-state index is 0.130. The van der Waals surface area contributed by atoms with Crippen molar-refractivity contribution in [2.75, 3.05) is 20.6 Å². The second-order valence-electron chi connectivity index (χ2n) is 3.54. The number of nitrogens with zero attached hydrogens (tertiary/aromatic N) is 1. The van der Waals surface area contributed by atoms with Gasteiger partial charge in [0.1, 0.15) is 5.82 Å². The molecular weight excluding hydrogens is 203 g/mol. The van der Waals surface area contributed by atoms with Crippen LogP contribution >= 0.6 is 11.6 Å². The van der Waals surface area contributed by atoms with Gasteiger partial charge in [-0.3, -0.25) is 0 Å². The molecule has 4 heteroatoms. The molecule has 1 atom stereocenters. The molecule has 0 spiro atoms. The number of halogens is 2. The number of likely N-dealkylation sites (N-methyl/N-ethyl adjacent to an activating group) is 1. The van der Waals surface area contributed by atoms with Gasteiger partial charge < -0.3 is 10.6 Å². The molecule has 0 saturated heterocycles. The Morgan fingerprint density at radius 2 is 2.14 bits per heavy atom. The van der Waals surface area contributed by atoms with Crippen LogP contribution in [0.4, 0.5) is 4.39 Å². The summed E-state index contributed by atoms with van der Waals surface area (Å²) in [5.74, 6) is -0.418. The Bertz CT molecular complexity index is 315. The number of hydrogen-bond donors (Lipinski definition) is 1. The predicted octanol–water partition coefficient (Wildman–Crippen LogP) is 2.04. The molecule has 0 aromatic heterocycles. The lowest BCUT2D eigenvalue weighted by atomic mass is 10.1. The van der Waals surface area contributed by atoms with Crippen molar-refractivity contribution in [3.05, 3.63) is 34.6 Å². The number of nitrogens with two attached hydrogens (primary N) is 1. The average molecular weight is 217 g/mol. The molecule has 0 radical (unpaired) electrons. The monoisotopic (exact) mass is 216 g/mol. The molecule has 1 aromatic rings. The molecule has 0 aliphatic heterocycles. The van der Waals surface area contributed by atoms with Gasteiger partial charge in [0.05, 0.1) is 5.02 Å². The highest BCUT2D eigenvalue weighted by atomic mass is 35.5. The summed E-state index contributed by atoms with van der Waals surface area (Å²) in [5.41, 5.74) is 6.63. The Morgan fingerprint density at radius 3 is 2.64 bits per heavy atom. The molecule has 14 heavy (non-hydrogen) atoms. The first-order chi connectivity index (χ1) is 6.50. The first-order valence-electron chi connectivity index (χ1n) is 4.36. The lowest BCUT2D eigenvalue weighted by Crippen LogP contribution is -2.26. The van der Waals surface area contributed by atoms with Gasteiger partial charge in [-0.25, -0.2) is 4.39 Å². The topological polar surface area (TPSA) is 29.3 Å². The van der Waals surface area contributed by atoms with E-state index in [1.54, 1.807) is 6.07 Å². The van der Waals surface area contributed by atoms with E-state index in [4.69, 9.17) is 17.3 Å². The van der Waals surface area contributed by atoms with E-state index in [0.717, 1.165) is 5.56 Å². The molecule has 2 N–H and O–H groups in total. The molecule has 1 aromatic carbocycles. The van der Waals surface area contributed by atoms with Crippen LogP contribution in [0.25, 0.3) is 0 Å². The van der Waals surface area contributed by atoms with Crippen molar-refractivity contribution in [1.82, 2.24) is 4.90 Å². The first-order valence-corrected chi connectivity index (χ1v) is 4.73. The fraction of sp³-hybridized carbons (Fsp3) is 0.400. The second-order valence-corrected chi connectivity index (χ2v) is 3.95. The van der Waals surface area contributed by atoms with Crippen LogP contribution in [-0.4, -0.2) is 25.5 Å². The van der Waals surface area contributed by atoms with Crippen LogP contribution in [-0.2, 0) is 0 Å². The molecule has 78 valence electrons. The predicted molar refractivity (Wildman–Crippen MR) is 56.9 cm³/mol. The van der Waals surface area contributed by atoms with Crippen LogP contribution in [0.1, 0.15) is 11.6 Å². The minimum atomic E-state index is -0.418. The highest BCUT2D eigenvalue weighted by molar-refractivity contribution is 6.30. The molecule has 2 nitrogen and oxygen atoms in total. The summed E-state index contributed by atoms with van der Waals surface area (Å²) in [6.07, 6.45) is 0. The van der Waals surface area contributed by atoms with Crippen molar-refractivity contribution in [2.45, 2.75) is 6.04 Å². The fourth-order valence-electron chi connectivity index (χ4n) is 1.24. The maximum atomic E-state index is 13.1. The highest BCUT2D eigenvalue weighted by Crippen LogP contribution is 2.19. The van der Waals surface area contributed by atoms with Crippen LogP contribution < -0.4 is 5.73 Å². The van der Waals surface area contributed by atoms with Gasteiger partial charge in [-0.05, 0) is 31.8 Å². The Balaban J connectivity index is 2.80. The first kappa shape index (κ1) is 11.4.